The van der Waals surface area contributed by atoms with Gasteiger partial charge in [-0.15, -0.1) is 11.3 Å². The van der Waals surface area contributed by atoms with Crippen LogP contribution in [-0.4, -0.2) is 36.1 Å². The zero-order valence-electron chi connectivity index (χ0n) is 21.3. The molecule has 37 heavy (non-hydrogen) atoms. The van der Waals surface area contributed by atoms with Crippen LogP contribution in [0.2, 0.25) is 0 Å². The molecule has 191 valence electrons. The van der Waals surface area contributed by atoms with Crippen LogP contribution in [0.5, 0.6) is 0 Å². The van der Waals surface area contributed by atoms with Gasteiger partial charge in [-0.3, -0.25) is 13.6 Å². The minimum Gasteiger partial charge on any atom is -0.373 e. The van der Waals surface area contributed by atoms with Gasteiger partial charge in [-0.05, 0) is 55.4 Å². The molecule has 0 amide bonds. The van der Waals surface area contributed by atoms with E-state index in [-0.39, 0.29) is 23.0 Å². The maximum Gasteiger partial charge on any atom is 0.325 e. The molecular weight excluding hydrogens is 500 g/mol. The molecule has 2 aromatic heterocycles. The number of hydrogen-bond donors (Lipinski definition) is 0. The molecule has 2 aromatic carbocycles. The van der Waals surface area contributed by atoms with E-state index >= 15 is 0 Å². The number of hydrogen-bond acceptors (Lipinski definition) is 5. The number of rotatable bonds is 7. The second-order valence-corrected chi connectivity index (χ2v) is 13.4. The molecule has 0 N–H and O–H groups in total. The van der Waals surface area contributed by atoms with Gasteiger partial charge >= 0.3 is 5.69 Å². The Morgan fingerprint density at radius 1 is 0.946 bits per heavy atom. The molecule has 0 aliphatic carbocycles. The van der Waals surface area contributed by atoms with E-state index in [1.54, 1.807) is 10.8 Å². The topological polar surface area (TPSA) is 62.5 Å². The van der Waals surface area contributed by atoms with Gasteiger partial charge in [-0.1, -0.05) is 66.7 Å². The Hall–Kier alpha value is -3.04. The van der Waals surface area contributed by atoms with Crippen LogP contribution < -0.4 is 21.6 Å². The standard InChI is InChI=1S/C29H31N2O4SSi/c1-29(2,3)34-20-21-16-17-26(35-21)30-19-24(25-15-10-18-36-25)27(32)31(28(30)33)37(22-11-6-4-7-12-22)23-13-8-5-9-14-23/h4-15,18-19,21,26H,16-17,20H2,1-3H3/t21-,26-/m0/s1. The van der Waals surface area contributed by atoms with Crippen LogP contribution in [0.3, 0.4) is 0 Å². The molecule has 4 aromatic rings. The van der Waals surface area contributed by atoms with Crippen LogP contribution in [0, 0.1) is 0 Å². The molecule has 1 aliphatic heterocycles. The van der Waals surface area contributed by atoms with Crippen molar-refractivity contribution in [3.8, 4) is 10.4 Å². The lowest BCUT2D eigenvalue weighted by Crippen LogP contribution is -2.59. The van der Waals surface area contributed by atoms with Crippen molar-refractivity contribution in [1.29, 1.82) is 0 Å². The van der Waals surface area contributed by atoms with E-state index < -0.39 is 15.2 Å². The number of nitrogens with zero attached hydrogens (tertiary/aromatic N) is 2. The number of benzene rings is 2. The highest BCUT2D eigenvalue weighted by molar-refractivity contribution is 7.13. The first-order chi connectivity index (χ1) is 17.8. The molecule has 5 rings (SSSR count). The maximum atomic E-state index is 14.2. The van der Waals surface area contributed by atoms with Gasteiger partial charge < -0.3 is 9.47 Å². The van der Waals surface area contributed by atoms with E-state index in [2.05, 4.69) is 0 Å². The molecule has 0 saturated carbocycles. The zero-order chi connectivity index (χ0) is 26.0. The summed E-state index contributed by atoms with van der Waals surface area (Å²) in [6, 6.07) is 23.6. The van der Waals surface area contributed by atoms with Gasteiger partial charge in [-0.25, -0.2) is 4.79 Å². The van der Waals surface area contributed by atoms with Crippen LogP contribution in [0.15, 0.2) is 94.0 Å². The molecule has 0 bridgehead atoms. The number of thiophene rings is 1. The second kappa shape index (κ2) is 10.7. The van der Waals surface area contributed by atoms with Crippen molar-refractivity contribution in [3.63, 3.8) is 0 Å². The summed E-state index contributed by atoms with van der Waals surface area (Å²) in [5.74, 6) is 0. The van der Waals surface area contributed by atoms with Gasteiger partial charge in [0.05, 0.1) is 23.9 Å². The van der Waals surface area contributed by atoms with Crippen molar-refractivity contribution in [2.75, 3.05) is 6.61 Å². The average molecular weight is 532 g/mol. The molecule has 6 nitrogen and oxygen atoms in total. The van der Waals surface area contributed by atoms with Crippen molar-refractivity contribution in [1.82, 2.24) is 8.80 Å². The summed E-state index contributed by atoms with van der Waals surface area (Å²) in [7, 11) is -1.95. The third-order valence-electron chi connectivity index (χ3n) is 6.32. The SMILES string of the molecule is CC(C)(C)OC[C@@H]1CC[C@@H](n2cc(-c3cccs3)c(=O)n([Si](c3ccccc3)c3ccccc3)c2=O)O1. The molecule has 2 atom stereocenters. The van der Waals surface area contributed by atoms with Gasteiger partial charge in [0.2, 0.25) is 0 Å². The Morgan fingerprint density at radius 2 is 1.59 bits per heavy atom. The van der Waals surface area contributed by atoms with Gasteiger partial charge in [-0.2, -0.15) is 0 Å². The first-order valence-electron chi connectivity index (χ1n) is 12.5. The van der Waals surface area contributed by atoms with Crippen LogP contribution in [-0.2, 0) is 9.47 Å². The van der Waals surface area contributed by atoms with Gasteiger partial charge in [0.25, 0.3) is 14.5 Å². The quantitative estimate of drug-likeness (QED) is 0.340. The zero-order valence-corrected chi connectivity index (χ0v) is 23.1. The van der Waals surface area contributed by atoms with E-state index in [1.807, 2.05) is 98.9 Å². The van der Waals surface area contributed by atoms with Crippen LogP contribution in [0.1, 0.15) is 39.8 Å². The van der Waals surface area contributed by atoms with Gasteiger partial charge in [0.1, 0.15) is 6.23 Å². The Labute approximate surface area is 222 Å². The summed E-state index contributed by atoms with van der Waals surface area (Å²) in [4.78, 5) is 29.0. The Balaban J connectivity index is 1.65. The highest BCUT2D eigenvalue weighted by atomic mass is 32.1. The highest BCUT2D eigenvalue weighted by Crippen LogP contribution is 2.29. The van der Waals surface area contributed by atoms with Crippen molar-refractivity contribution in [3.05, 3.63) is 105 Å². The summed E-state index contributed by atoms with van der Waals surface area (Å²) in [5.41, 5.74) is -0.354. The normalized spacial score (nSPS) is 17.9. The average Bonchev–Trinajstić information content (AvgIpc) is 3.59. The van der Waals surface area contributed by atoms with Crippen LogP contribution in [0.25, 0.3) is 10.4 Å². The molecule has 0 spiro atoms. The second-order valence-electron chi connectivity index (χ2n) is 10.1. The summed E-state index contributed by atoms with van der Waals surface area (Å²) < 4.78 is 15.4. The predicted octanol–water partition coefficient (Wildman–Crippen LogP) is 3.89. The minimum atomic E-state index is -1.95. The number of aromatic nitrogens is 2. The smallest absolute Gasteiger partial charge is 0.325 e. The summed E-state index contributed by atoms with van der Waals surface area (Å²) in [5, 5.41) is 3.88. The first kappa shape index (κ1) is 25.6. The van der Waals surface area contributed by atoms with Crippen molar-refractivity contribution >= 4 is 30.7 Å². The van der Waals surface area contributed by atoms with E-state index in [9.17, 15) is 9.59 Å². The molecular formula is C29H31N2O4SSi. The minimum absolute atomic E-state index is 0.102. The van der Waals surface area contributed by atoms with E-state index in [4.69, 9.17) is 9.47 Å². The van der Waals surface area contributed by atoms with E-state index in [0.29, 0.717) is 18.6 Å². The molecule has 1 saturated heterocycles. The Kier molecular flexibility index (Phi) is 7.44. The largest absolute Gasteiger partial charge is 0.373 e. The highest BCUT2D eigenvalue weighted by Gasteiger charge is 2.32. The Morgan fingerprint density at radius 3 is 2.16 bits per heavy atom. The van der Waals surface area contributed by atoms with Gasteiger partial charge in [0, 0.05) is 11.1 Å². The van der Waals surface area contributed by atoms with Gasteiger partial charge in [0.15, 0.2) is 0 Å². The summed E-state index contributed by atoms with van der Waals surface area (Å²) >= 11 is 1.49. The van der Waals surface area contributed by atoms with E-state index in [1.165, 1.54) is 15.6 Å². The van der Waals surface area contributed by atoms with Crippen molar-refractivity contribution < 1.29 is 9.47 Å². The fourth-order valence-electron chi connectivity index (χ4n) is 4.55. The molecule has 0 unspecified atom stereocenters. The lowest BCUT2D eigenvalue weighted by Gasteiger charge is -2.24. The molecule has 8 heteroatoms. The summed E-state index contributed by atoms with van der Waals surface area (Å²) in [6.45, 7) is 6.52. The lowest BCUT2D eigenvalue weighted by atomic mass is 10.2. The van der Waals surface area contributed by atoms with Crippen molar-refractivity contribution in [2.24, 2.45) is 0 Å². The monoisotopic (exact) mass is 531 g/mol. The predicted molar refractivity (Wildman–Crippen MR) is 150 cm³/mol. The maximum absolute atomic E-state index is 14.2. The third kappa shape index (κ3) is 5.62. The lowest BCUT2D eigenvalue weighted by molar-refractivity contribution is -0.0834. The molecule has 1 aliphatic rings. The van der Waals surface area contributed by atoms with Crippen molar-refractivity contribution in [2.45, 2.75) is 51.5 Å². The van der Waals surface area contributed by atoms with Crippen LogP contribution in [0.4, 0.5) is 0 Å². The molecule has 1 fully saturated rings. The van der Waals surface area contributed by atoms with E-state index in [0.717, 1.165) is 21.7 Å². The molecule has 3 heterocycles. The number of ether oxygens (including phenoxy) is 2. The molecule has 1 radical (unpaired) electrons. The summed E-state index contributed by atoms with van der Waals surface area (Å²) in [6.07, 6.45) is 2.60. The fraction of sp³-hybridized carbons (Fsp3) is 0.310. The third-order valence-corrected chi connectivity index (χ3v) is 9.82. The first-order valence-corrected chi connectivity index (χ1v) is 14.8. The fourth-order valence-corrected chi connectivity index (χ4v) is 7.77. The van der Waals surface area contributed by atoms with Crippen LogP contribution >= 0.6 is 11.3 Å². The Bertz CT molecular complexity index is 1400.